The number of nitrogens with two attached hydrogens (primary N) is 1. The first kappa shape index (κ1) is 8.60. The van der Waals surface area contributed by atoms with Crippen molar-refractivity contribution in [1.29, 1.82) is 0 Å². The van der Waals surface area contributed by atoms with Crippen LogP contribution in [0.5, 0.6) is 0 Å². The molecule has 2 nitrogen and oxygen atoms in total. The summed E-state index contributed by atoms with van der Waals surface area (Å²) in [6.07, 6.45) is 2.42. The molecule has 1 amide bonds. The molecule has 1 saturated carbocycles. The van der Waals surface area contributed by atoms with Crippen LogP contribution in [0.25, 0.3) is 0 Å². The van der Waals surface area contributed by atoms with Gasteiger partial charge in [0.15, 0.2) is 0 Å². The maximum atomic E-state index is 10.8. The van der Waals surface area contributed by atoms with Gasteiger partial charge in [-0.3, -0.25) is 4.79 Å². The van der Waals surface area contributed by atoms with Gasteiger partial charge in [0.25, 0.3) is 0 Å². The summed E-state index contributed by atoms with van der Waals surface area (Å²) < 4.78 is 0. The fraction of sp³-hybridized carbons (Fsp3) is 0.625. The highest BCUT2D eigenvalue weighted by Gasteiger charge is 2.26. The molecule has 0 saturated heterocycles. The zero-order valence-electron chi connectivity index (χ0n) is 6.35. The fourth-order valence-electron chi connectivity index (χ4n) is 1.37. The average Bonchev–Trinajstić information content (AvgIpc) is 1.94. The van der Waals surface area contributed by atoms with Crippen molar-refractivity contribution >= 4 is 17.5 Å². The molecule has 1 rings (SSSR count). The van der Waals surface area contributed by atoms with Crippen LogP contribution in [-0.2, 0) is 4.79 Å². The van der Waals surface area contributed by atoms with E-state index in [1.807, 2.05) is 0 Å². The highest BCUT2D eigenvalue weighted by atomic mass is 35.5. The zero-order chi connectivity index (χ0) is 8.43. The summed E-state index contributed by atoms with van der Waals surface area (Å²) in [5.74, 6) is -0.480. The third-order valence-electron chi connectivity index (χ3n) is 2.11. The van der Waals surface area contributed by atoms with Gasteiger partial charge < -0.3 is 5.73 Å². The van der Waals surface area contributed by atoms with E-state index in [9.17, 15) is 4.79 Å². The average molecular weight is 174 g/mol. The summed E-state index contributed by atoms with van der Waals surface area (Å²) in [6, 6.07) is 0. The number of carbonyl (C=O) groups excluding carboxylic acids is 1. The van der Waals surface area contributed by atoms with Gasteiger partial charge in [0, 0.05) is 5.38 Å². The standard InChI is InChI=1S/C8H12ClNO/c1-5-2-3-6(9)4-7(5)8(10)11/h6-7H,1-4H2,(H2,10,11). The lowest BCUT2D eigenvalue weighted by atomic mass is 9.84. The molecular formula is C8H12ClNO. The second-order valence-electron chi connectivity index (χ2n) is 2.98. The molecule has 0 aliphatic heterocycles. The van der Waals surface area contributed by atoms with Crippen molar-refractivity contribution < 1.29 is 4.79 Å². The van der Waals surface area contributed by atoms with Gasteiger partial charge in [0.2, 0.25) is 5.91 Å². The van der Waals surface area contributed by atoms with E-state index in [4.69, 9.17) is 17.3 Å². The van der Waals surface area contributed by atoms with Crippen molar-refractivity contribution in [2.24, 2.45) is 11.7 Å². The number of hydrogen-bond donors (Lipinski definition) is 1. The zero-order valence-corrected chi connectivity index (χ0v) is 7.10. The molecule has 11 heavy (non-hydrogen) atoms. The van der Waals surface area contributed by atoms with E-state index >= 15 is 0 Å². The van der Waals surface area contributed by atoms with Gasteiger partial charge in [0.1, 0.15) is 0 Å². The van der Waals surface area contributed by atoms with E-state index < -0.39 is 0 Å². The van der Waals surface area contributed by atoms with Crippen molar-refractivity contribution in [3.05, 3.63) is 12.2 Å². The van der Waals surface area contributed by atoms with Crippen LogP contribution in [0.15, 0.2) is 12.2 Å². The number of carbonyl (C=O) groups is 1. The molecule has 0 spiro atoms. The minimum absolute atomic E-state index is 0.0954. The number of primary amides is 1. The maximum Gasteiger partial charge on any atom is 0.224 e. The monoisotopic (exact) mass is 173 g/mol. The van der Waals surface area contributed by atoms with Gasteiger partial charge in [-0.25, -0.2) is 0 Å². The third-order valence-corrected chi connectivity index (χ3v) is 2.50. The van der Waals surface area contributed by atoms with Crippen molar-refractivity contribution in [3.8, 4) is 0 Å². The SMILES string of the molecule is C=C1CCC(Cl)CC1C(N)=O. The lowest BCUT2D eigenvalue weighted by Crippen LogP contribution is -2.30. The smallest absolute Gasteiger partial charge is 0.224 e. The molecule has 3 heteroatoms. The molecule has 0 heterocycles. The Morgan fingerprint density at radius 2 is 2.36 bits per heavy atom. The highest BCUT2D eigenvalue weighted by Crippen LogP contribution is 2.30. The lowest BCUT2D eigenvalue weighted by Gasteiger charge is -2.25. The summed E-state index contributed by atoms with van der Waals surface area (Å²) in [6.45, 7) is 3.79. The number of alkyl halides is 1. The van der Waals surface area contributed by atoms with E-state index in [-0.39, 0.29) is 17.2 Å². The molecule has 0 aromatic heterocycles. The molecule has 1 aliphatic carbocycles. The van der Waals surface area contributed by atoms with Crippen LogP contribution >= 0.6 is 11.6 Å². The maximum absolute atomic E-state index is 10.8. The second kappa shape index (κ2) is 3.26. The van der Waals surface area contributed by atoms with E-state index in [1.165, 1.54) is 0 Å². The van der Waals surface area contributed by atoms with E-state index in [0.29, 0.717) is 6.42 Å². The Labute approximate surface area is 71.4 Å². The van der Waals surface area contributed by atoms with Crippen LogP contribution in [0.3, 0.4) is 0 Å². The van der Waals surface area contributed by atoms with Crippen molar-refractivity contribution in [3.63, 3.8) is 0 Å². The molecule has 1 aliphatic rings. The molecular weight excluding hydrogens is 162 g/mol. The van der Waals surface area contributed by atoms with Gasteiger partial charge in [-0.1, -0.05) is 12.2 Å². The largest absolute Gasteiger partial charge is 0.369 e. The number of amides is 1. The van der Waals surface area contributed by atoms with Crippen LogP contribution in [0.1, 0.15) is 19.3 Å². The Kier molecular flexibility index (Phi) is 2.55. The Hall–Kier alpha value is -0.500. The van der Waals surface area contributed by atoms with Gasteiger partial charge in [-0.15, -0.1) is 11.6 Å². The quantitative estimate of drug-likeness (QED) is 0.473. The van der Waals surface area contributed by atoms with Crippen LogP contribution in [0.4, 0.5) is 0 Å². The first-order valence-corrected chi connectivity index (χ1v) is 4.16. The Morgan fingerprint density at radius 3 is 2.82 bits per heavy atom. The number of halogens is 1. The van der Waals surface area contributed by atoms with Crippen LogP contribution in [-0.4, -0.2) is 11.3 Å². The molecule has 2 unspecified atom stereocenters. The lowest BCUT2D eigenvalue weighted by molar-refractivity contribution is -0.121. The minimum atomic E-state index is -0.291. The van der Waals surface area contributed by atoms with E-state index in [2.05, 4.69) is 6.58 Å². The van der Waals surface area contributed by atoms with Gasteiger partial charge in [-0.05, 0) is 19.3 Å². The molecule has 1 fully saturated rings. The minimum Gasteiger partial charge on any atom is -0.369 e. The van der Waals surface area contributed by atoms with Gasteiger partial charge in [0.05, 0.1) is 5.92 Å². The predicted octanol–water partition coefficient (Wildman–Crippen LogP) is 1.44. The van der Waals surface area contributed by atoms with Crippen molar-refractivity contribution in [2.45, 2.75) is 24.6 Å². The normalized spacial score (nSPS) is 31.9. The summed E-state index contributed by atoms with van der Waals surface area (Å²) in [7, 11) is 0. The Bertz CT molecular complexity index is 191. The summed E-state index contributed by atoms with van der Waals surface area (Å²) in [5, 5.41) is 0.0954. The van der Waals surface area contributed by atoms with Crippen LogP contribution in [0, 0.1) is 5.92 Å². The second-order valence-corrected chi connectivity index (χ2v) is 3.60. The van der Waals surface area contributed by atoms with Gasteiger partial charge in [-0.2, -0.15) is 0 Å². The molecule has 2 N–H and O–H groups in total. The molecule has 62 valence electrons. The summed E-state index contributed by atoms with van der Waals surface area (Å²) >= 11 is 5.87. The van der Waals surface area contributed by atoms with E-state index in [1.54, 1.807) is 0 Å². The van der Waals surface area contributed by atoms with E-state index in [0.717, 1.165) is 18.4 Å². The number of rotatable bonds is 1. The number of hydrogen-bond acceptors (Lipinski definition) is 1. The van der Waals surface area contributed by atoms with Gasteiger partial charge >= 0.3 is 0 Å². The topological polar surface area (TPSA) is 43.1 Å². The summed E-state index contributed by atoms with van der Waals surface area (Å²) in [4.78, 5) is 10.8. The molecule has 0 aromatic rings. The third kappa shape index (κ3) is 1.96. The molecule has 0 bridgehead atoms. The van der Waals surface area contributed by atoms with Crippen molar-refractivity contribution in [1.82, 2.24) is 0 Å². The molecule has 0 aromatic carbocycles. The Balaban J connectivity index is 2.61. The Morgan fingerprint density at radius 1 is 1.73 bits per heavy atom. The first-order chi connectivity index (χ1) is 5.11. The van der Waals surface area contributed by atoms with Crippen molar-refractivity contribution in [2.75, 3.05) is 0 Å². The molecule has 2 atom stereocenters. The van der Waals surface area contributed by atoms with Crippen LogP contribution < -0.4 is 5.73 Å². The van der Waals surface area contributed by atoms with Crippen LogP contribution in [0.2, 0.25) is 0 Å². The first-order valence-electron chi connectivity index (χ1n) is 3.72. The molecule has 0 radical (unpaired) electrons. The summed E-state index contributed by atoms with van der Waals surface area (Å²) in [5.41, 5.74) is 6.10. The predicted molar refractivity (Wildman–Crippen MR) is 45.3 cm³/mol. The fourth-order valence-corrected chi connectivity index (χ4v) is 1.66. The highest BCUT2D eigenvalue weighted by molar-refractivity contribution is 6.20.